The first kappa shape index (κ1) is 15.8. The van der Waals surface area contributed by atoms with Crippen LogP contribution < -0.4 is 9.47 Å². The summed E-state index contributed by atoms with van der Waals surface area (Å²) >= 11 is 2.89. The van der Waals surface area contributed by atoms with Gasteiger partial charge >= 0.3 is 18.4 Å². The highest BCUT2D eigenvalue weighted by Gasteiger charge is 2.59. The quantitative estimate of drug-likeness (QED) is 0.782. The predicted molar refractivity (Wildman–Crippen MR) is 52.8 cm³/mol. The molecule has 0 atom stereocenters. The normalized spacial score (nSPS) is 12.7. The molecule has 0 aliphatic carbocycles. The number of hydrogen-bond acceptors (Lipinski definition) is 4. The summed E-state index contributed by atoms with van der Waals surface area (Å²) < 4.78 is 81.9. The van der Waals surface area contributed by atoms with Crippen molar-refractivity contribution < 1.29 is 35.8 Å². The van der Waals surface area contributed by atoms with Crippen molar-refractivity contribution in [2.75, 3.05) is 7.11 Å². The standard InChI is InChI=1S/C8H5BrF6N2O2/c1-18-4-3(9)2-16-6(17-4)19-5(7(10,11)12)8(13,14)15/h2,5H,1H3. The van der Waals surface area contributed by atoms with Crippen LogP contribution in [0.2, 0.25) is 0 Å². The minimum atomic E-state index is -5.64. The van der Waals surface area contributed by atoms with Crippen LogP contribution in [0.25, 0.3) is 0 Å². The van der Waals surface area contributed by atoms with Gasteiger partial charge in [-0.1, -0.05) is 0 Å². The van der Waals surface area contributed by atoms with Gasteiger partial charge in [0.1, 0.15) is 0 Å². The van der Waals surface area contributed by atoms with Gasteiger partial charge in [0, 0.05) is 0 Å². The third kappa shape index (κ3) is 4.11. The van der Waals surface area contributed by atoms with Crippen molar-refractivity contribution >= 4 is 15.9 Å². The van der Waals surface area contributed by atoms with Gasteiger partial charge < -0.3 is 9.47 Å². The van der Waals surface area contributed by atoms with Crippen LogP contribution in [0, 0.1) is 0 Å². The molecule has 0 N–H and O–H groups in total. The van der Waals surface area contributed by atoms with E-state index in [-0.39, 0.29) is 10.4 Å². The van der Waals surface area contributed by atoms with E-state index in [1.165, 1.54) is 0 Å². The van der Waals surface area contributed by atoms with E-state index in [1.54, 1.807) is 0 Å². The molecule has 4 nitrogen and oxygen atoms in total. The third-order valence-corrected chi connectivity index (χ3v) is 2.24. The molecular weight excluding hydrogens is 350 g/mol. The zero-order valence-electron chi connectivity index (χ0n) is 9.01. The van der Waals surface area contributed by atoms with Gasteiger partial charge in [0.25, 0.3) is 6.10 Å². The summed E-state index contributed by atoms with van der Waals surface area (Å²) in [6, 6.07) is -1.10. The zero-order valence-corrected chi connectivity index (χ0v) is 10.6. The summed E-state index contributed by atoms with van der Waals surface area (Å²) in [7, 11) is 1.13. The molecule has 0 radical (unpaired) electrons. The number of rotatable bonds is 3. The van der Waals surface area contributed by atoms with Crippen molar-refractivity contribution in [3.05, 3.63) is 10.7 Å². The largest absolute Gasteiger partial charge is 0.480 e. The van der Waals surface area contributed by atoms with E-state index < -0.39 is 24.5 Å². The lowest BCUT2D eigenvalue weighted by molar-refractivity contribution is -0.301. The first-order chi connectivity index (χ1) is 8.55. The first-order valence-electron chi connectivity index (χ1n) is 4.42. The van der Waals surface area contributed by atoms with Crippen LogP contribution in [-0.4, -0.2) is 35.5 Å². The second kappa shape index (κ2) is 5.39. The molecule has 1 aromatic heterocycles. The molecule has 0 aliphatic rings. The molecule has 11 heteroatoms. The lowest BCUT2D eigenvalue weighted by Gasteiger charge is -2.22. The molecule has 0 saturated heterocycles. The highest BCUT2D eigenvalue weighted by atomic mass is 79.9. The van der Waals surface area contributed by atoms with Crippen LogP contribution in [0.3, 0.4) is 0 Å². The topological polar surface area (TPSA) is 44.2 Å². The Balaban J connectivity index is 3.04. The van der Waals surface area contributed by atoms with Crippen molar-refractivity contribution in [1.29, 1.82) is 0 Å². The van der Waals surface area contributed by atoms with E-state index in [0.29, 0.717) is 0 Å². The van der Waals surface area contributed by atoms with Crippen LogP contribution in [0.4, 0.5) is 26.3 Å². The fourth-order valence-corrected chi connectivity index (χ4v) is 1.31. The summed E-state index contributed by atoms with van der Waals surface area (Å²) in [6.07, 6.45) is -14.4. The predicted octanol–water partition coefficient (Wildman–Crippen LogP) is 3.12. The maximum Gasteiger partial charge on any atom is 0.434 e. The van der Waals surface area contributed by atoms with Crippen molar-refractivity contribution in [2.45, 2.75) is 18.5 Å². The Kier molecular flexibility index (Phi) is 4.48. The Morgan fingerprint density at radius 2 is 1.68 bits per heavy atom. The third-order valence-electron chi connectivity index (χ3n) is 1.70. The Morgan fingerprint density at radius 1 is 1.16 bits per heavy atom. The van der Waals surface area contributed by atoms with E-state index in [9.17, 15) is 26.3 Å². The molecule has 1 heterocycles. The fraction of sp³-hybridized carbons (Fsp3) is 0.500. The average molecular weight is 355 g/mol. The minimum Gasteiger partial charge on any atom is -0.480 e. The van der Waals surface area contributed by atoms with Crippen LogP contribution in [-0.2, 0) is 0 Å². The summed E-state index contributed by atoms with van der Waals surface area (Å²) in [5.41, 5.74) is 0. The molecular formula is C8H5BrF6N2O2. The van der Waals surface area contributed by atoms with Gasteiger partial charge in [-0.05, 0) is 15.9 Å². The highest BCUT2D eigenvalue weighted by Crippen LogP contribution is 2.36. The first-order valence-corrected chi connectivity index (χ1v) is 5.21. The van der Waals surface area contributed by atoms with Crippen LogP contribution in [0.15, 0.2) is 10.7 Å². The van der Waals surface area contributed by atoms with Crippen LogP contribution in [0.1, 0.15) is 0 Å². The zero-order chi connectivity index (χ0) is 14.8. The van der Waals surface area contributed by atoms with Gasteiger partial charge in [0.2, 0.25) is 5.88 Å². The number of hydrogen-bond donors (Lipinski definition) is 0. The molecule has 1 aromatic rings. The average Bonchev–Trinajstić information content (AvgIpc) is 2.24. The fourth-order valence-electron chi connectivity index (χ4n) is 0.961. The number of halogens is 7. The number of ether oxygens (including phenoxy) is 2. The molecule has 0 bridgehead atoms. The van der Waals surface area contributed by atoms with Gasteiger partial charge in [-0.2, -0.15) is 31.3 Å². The lowest BCUT2D eigenvalue weighted by Crippen LogP contribution is -2.46. The number of aromatic nitrogens is 2. The van der Waals surface area contributed by atoms with E-state index in [1.807, 2.05) is 0 Å². The minimum absolute atomic E-state index is 0.151. The van der Waals surface area contributed by atoms with Crippen LogP contribution >= 0.6 is 15.9 Å². The SMILES string of the molecule is COc1nc(OC(C(F)(F)F)C(F)(F)F)ncc1Br. The molecule has 0 saturated carbocycles. The second-order valence-corrected chi connectivity index (χ2v) is 3.95. The molecule has 1 rings (SSSR count). The van der Waals surface area contributed by atoms with Gasteiger partial charge in [-0.25, -0.2) is 4.98 Å². The van der Waals surface area contributed by atoms with Crippen LogP contribution in [0.5, 0.6) is 11.9 Å². The summed E-state index contributed by atoms with van der Waals surface area (Å²) in [5, 5.41) is 0. The monoisotopic (exact) mass is 354 g/mol. The Morgan fingerprint density at radius 3 is 2.11 bits per heavy atom. The van der Waals surface area contributed by atoms with Gasteiger partial charge in [0.15, 0.2) is 0 Å². The lowest BCUT2D eigenvalue weighted by atomic mass is 10.3. The van der Waals surface area contributed by atoms with Crippen molar-refractivity contribution in [3.63, 3.8) is 0 Å². The molecule has 0 amide bonds. The molecule has 0 unspecified atom stereocenters. The van der Waals surface area contributed by atoms with Gasteiger partial charge in [0.05, 0.1) is 17.8 Å². The van der Waals surface area contributed by atoms with E-state index in [4.69, 9.17) is 0 Å². The highest BCUT2D eigenvalue weighted by molar-refractivity contribution is 9.10. The molecule has 0 fully saturated rings. The van der Waals surface area contributed by atoms with E-state index in [0.717, 1.165) is 13.3 Å². The summed E-state index contributed by atoms with van der Waals surface area (Å²) in [6.45, 7) is 0. The Hall–Kier alpha value is -1.26. The number of alkyl halides is 6. The van der Waals surface area contributed by atoms with Gasteiger partial charge in [-0.3, -0.25) is 0 Å². The van der Waals surface area contributed by atoms with Gasteiger partial charge in [-0.15, -0.1) is 0 Å². The summed E-state index contributed by atoms with van der Waals surface area (Å²) in [5.74, 6) is -0.256. The maximum absolute atomic E-state index is 12.2. The summed E-state index contributed by atoms with van der Waals surface area (Å²) in [4.78, 5) is 6.45. The van der Waals surface area contributed by atoms with E-state index >= 15 is 0 Å². The Bertz CT molecular complexity index is 436. The van der Waals surface area contributed by atoms with Crippen molar-refractivity contribution in [1.82, 2.24) is 9.97 Å². The second-order valence-electron chi connectivity index (χ2n) is 3.09. The van der Waals surface area contributed by atoms with Crippen molar-refractivity contribution in [3.8, 4) is 11.9 Å². The van der Waals surface area contributed by atoms with Crippen molar-refractivity contribution in [2.24, 2.45) is 0 Å². The molecule has 0 aromatic carbocycles. The smallest absolute Gasteiger partial charge is 0.434 e. The number of nitrogens with zero attached hydrogens (tertiary/aromatic N) is 2. The number of methoxy groups -OCH3 is 1. The molecule has 0 aliphatic heterocycles. The molecule has 0 spiro atoms. The van der Waals surface area contributed by atoms with E-state index in [2.05, 4.69) is 35.4 Å². The Labute approximate surface area is 110 Å². The molecule has 108 valence electrons. The maximum atomic E-state index is 12.2. The molecule has 19 heavy (non-hydrogen) atoms.